The molecular weight excluding hydrogens is 293 g/mol. The molecule has 0 saturated carbocycles. The summed E-state index contributed by atoms with van der Waals surface area (Å²) in [6.07, 6.45) is -4.44. The maximum atomic E-state index is 12.6. The number of halogens is 4. The van der Waals surface area contributed by atoms with Gasteiger partial charge in [-0.1, -0.05) is 23.7 Å². The van der Waals surface area contributed by atoms with Crippen LogP contribution in [-0.4, -0.2) is 5.11 Å². The quantitative estimate of drug-likeness (QED) is 0.894. The van der Waals surface area contributed by atoms with Crippen LogP contribution in [0.2, 0.25) is 5.02 Å². The number of alkyl halides is 3. The van der Waals surface area contributed by atoms with Gasteiger partial charge in [0.05, 0.1) is 12.2 Å². The van der Waals surface area contributed by atoms with Crippen molar-refractivity contribution in [3.8, 4) is 11.5 Å². The largest absolute Gasteiger partial charge is 0.457 e. The maximum Gasteiger partial charge on any atom is 0.416 e. The van der Waals surface area contributed by atoms with Crippen molar-refractivity contribution in [1.82, 2.24) is 0 Å². The van der Waals surface area contributed by atoms with Crippen molar-refractivity contribution in [3.63, 3.8) is 0 Å². The molecule has 106 valence electrons. The highest BCUT2D eigenvalue weighted by molar-refractivity contribution is 6.30. The summed E-state index contributed by atoms with van der Waals surface area (Å²) in [5.74, 6) is 0.246. The van der Waals surface area contributed by atoms with Crippen LogP contribution in [0.3, 0.4) is 0 Å². The van der Waals surface area contributed by atoms with E-state index in [1.165, 1.54) is 18.2 Å². The van der Waals surface area contributed by atoms with Gasteiger partial charge in [-0.15, -0.1) is 0 Å². The predicted octanol–water partition coefficient (Wildman–Crippen LogP) is 4.64. The monoisotopic (exact) mass is 302 g/mol. The number of aliphatic hydroxyl groups is 1. The Balaban J connectivity index is 2.33. The summed E-state index contributed by atoms with van der Waals surface area (Å²) < 4.78 is 43.2. The third-order valence-corrected chi connectivity index (χ3v) is 2.82. The molecule has 0 unspecified atom stereocenters. The SMILES string of the molecule is OCc1ccc(Cl)cc1Oc1cccc(C(F)(F)F)c1. The van der Waals surface area contributed by atoms with Crippen molar-refractivity contribution >= 4 is 11.6 Å². The summed E-state index contributed by atoms with van der Waals surface area (Å²) in [5, 5.41) is 9.53. The molecule has 0 aromatic heterocycles. The van der Waals surface area contributed by atoms with Crippen molar-refractivity contribution in [2.45, 2.75) is 12.8 Å². The van der Waals surface area contributed by atoms with Crippen LogP contribution in [0.4, 0.5) is 13.2 Å². The van der Waals surface area contributed by atoms with Gasteiger partial charge in [0.2, 0.25) is 0 Å². The Kier molecular flexibility index (Phi) is 4.20. The second kappa shape index (κ2) is 5.73. The van der Waals surface area contributed by atoms with E-state index in [-0.39, 0.29) is 18.1 Å². The van der Waals surface area contributed by atoms with Gasteiger partial charge in [0, 0.05) is 10.6 Å². The number of benzene rings is 2. The third kappa shape index (κ3) is 3.43. The minimum Gasteiger partial charge on any atom is -0.457 e. The van der Waals surface area contributed by atoms with Crippen LogP contribution in [-0.2, 0) is 12.8 Å². The normalized spacial score (nSPS) is 11.4. The average molecular weight is 303 g/mol. The van der Waals surface area contributed by atoms with Crippen LogP contribution in [0.15, 0.2) is 42.5 Å². The molecule has 0 radical (unpaired) electrons. The fraction of sp³-hybridized carbons (Fsp3) is 0.143. The Morgan fingerprint density at radius 2 is 1.85 bits per heavy atom. The Hall–Kier alpha value is -1.72. The molecule has 1 N–H and O–H groups in total. The van der Waals surface area contributed by atoms with E-state index in [1.54, 1.807) is 12.1 Å². The van der Waals surface area contributed by atoms with Gasteiger partial charge in [-0.25, -0.2) is 0 Å². The first kappa shape index (κ1) is 14.7. The number of ether oxygens (including phenoxy) is 1. The molecule has 0 amide bonds. The first-order chi connectivity index (χ1) is 9.40. The summed E-state index contributed by atoms with van der Waals surface area (Å²) in [6, 6.07) is 9.04. The van der Waals surface area contributed by atoms with Crippen LogP contribution in [0.25, 0.3) is 0 Å². The zero-order valence-electron chi connectivity index (χ0n) is 10.1. The zero-order chi connectivity index (χ0) is 14.8. The first-order valence-corrected chi connectivity index (χ1v) is 6.02. The van der Waals surface area contributed by atoms with Gasteiger partial charge < -0.3 is 9.84 Å². The average Bonchev–Trinajstić information content (AvgIpc) is 2.38. The van der Waals surface area contributed by atoms with E-state index in [9.17, 15) is 13.2 Å². The van der Waals surface area contributed by atoms with Gasteiger partial charge in [-0.3, -0.25) is 0 Å². The molecule has 0 fully saturated rings. The standard InChI is InChI=1S/C14H10ClF3O2/c15-11-5-4-9(8-19)13(7-11)20-12-3-1-2-10(6-12)14(16,17)18/h1-7,19H,8H2. The second-order valence-electron chi connectivity index (χ2n) is 4.04. The van der Waals surface area contributed by atoms with E-state index in [4.69, 9.17) is 21.4 Å². The summed E-state index contributed by atoms with van der Waals surface area (Å²) >= 11 is 5.80. The van der Waals surface area contributed by atoms with Gasteiger partial charge in [0.1, 0.15) is 11.5 Å². The highest BCUT2D eigenvalue weighted by Gasteiger charge is 2.30. The zero-order valence-corrected chi connectivity index (χ0v) is 10.9. The molecule has 0 bridgehead atoms. The summed E-state index contributed by atoms with van der Waals surface area (Å²) in [6.45, 7) is -0.300. The Morgan fingerprint density at radius 1 is 1.10 bits per heavy atom. The molecule has 2 aromatic carbocycles. The van der Waals surface area contributed by atoms with Crippen LogP contribution >= 0.6 is 11.6 Å². The van der Waals surface area contributed by atoms with Crippen molar-refractivity contribution in [2.75, 3.05) is 0 Å². The van der Waals surface area contributed by atoms with Gasteiger partial charge in [-0.05, 0) is 30.3 Å². The van der Waals surface area contributed by atoms with Crippen LogP contribution in [0.5, 0.6) is 11.5 Å². The van der Waals surface area contributed by atoms with E-state index < -0.39 is 11.7 Å². The van der Waals surface area contributed by atoms with Crippen LogP contribution in [0, 0.1) is 0 Å². The number of aliphatic hydroxyl groups excluding tert-OH is 1. The van der Waals surface area contributed by atoms with Gasteiger partial charge >= 0.3 is 6.18 Å². The third-order valence-electron chi connectivity index (χ3n) is 2.59. The van der Waals surface area contributed by atoms with Crippen molar-refractivity contribution < 1.29 is 23.0 Å². The molecule has 0 saturated heterocycles. The lowest BCUT2D eigenvalue weighted by Gasteiger charge is -2.12. The van der Waals surface area contributed by atoms with Gasteiger partial charge in [0.15, 0.2) is 0 Å². The molecule has 2 aromatic rings. The fourth-order valence-corrected chi connectivity index (χ4v) is 1.78. The Morgan fingerprint density at radius 3 is 2.50 bits per heavy atom. The highest BCUT2D eigenvalue weighted by atomic mass is 35.5. The topological polar surface area (TPSA) is 29.5 Å². The molecule has 0 spiro atoms. The number of hydrogen-bond acceptors (Lipinski definition) is 2. The van der Waals surface area contributed by atoms with E-state index in [0.717, 1.165) is 12.1 Å². The number of hydrogen-bond donors (Lipinski definition) is 1. The molecule has 2 nitrogen and oxygen atoms in total. The molecule has 0 aliphatic carbocycles. The minimum absolute atomic E-state index is 0.0248. The number of rotatable bonds is 3. The van der Waals surface area contributed by atoms with Crippen LogP contribution in [0.1, 0.15) is 11.1 Å². The lowest BCUT2D eigenvalue weighted by atomic mass is 10.2. The fourth-order valence-electron chi connectivity index (χ4n) is 1.62. The van der Waals surface area contributed by atoms with Crippen molar-refractivity contribution in [1.29, 1.82) is 0 Å². The maximum absolute atomic E-state index is 12.6. The summed E-state index contributed by atoms with van der Waals surface area (Å²) in [7, 11) is 0. The van der Waals surface area contributed by atoms with Crippen molar-refractivity contribution in [2.24, 2.45) is 0 Å². The van der Waals surface area contributed by atoms with Crippen LogP contribution < -0.4 is 4.74 Å². The molecular formula is C14H10ClF3O2. The molecule has 0 atom stereocenters. The highest BCUT2D eigenvalue weighted by Crippen LogP contribution is 2.34. The van der Waals surface area contributed by atoms with Gasteiger partial charge in [-0.2, -0.15) is 13.2 Å². The lowest BCUT2D eigenvalue weighted by molar-refractivity contribution is -0.137. The first-order valence-electron chi connectivity index (χ1n) is 5.64. The van der Waals surface area contributed by atoms with E-state index in [2.05, 4.69) is 0 Å². The minimum atomic E-state index is -4.44. The Labute approximate surface area is 118 Å². The molecule has 0 aliphatic heterocycles. The smallest absolute Gasteiger partial charge is 0.416 e. The lowest BCUT2D eigenvalue weighted by Crippen LogP contribution is -2.04. The molecule has 6 heteroatoms. The van der Waals surface area contributed by atoms with E-state index in [0.29, 0.717) is 10.6 Å². The van der Waals surface area contributed by atoms with Gasteiger partial charge in [0.25, 0.3) is 0 Å². The molecule has 0 heterocycles. The molecule has 20 heavy (non-hydrogen) atoms. The predicted molar refractivity (Wildman–Crippen MR) is 68.9 cm³/mol. The second-order valence-corrected chi connectivity index (χ2v) is 4.47. The van der Waals surface area contributed by atoms with Crippen molar-refractivity contribution in [3.05, 3.63) is 58.6 Å². The molecule has 0 aliphatic rings. The molecule has 2 rings (SSSR count). The van der Waals surface area contributed by atoms with E-state index >= 15 is 0 Å². The summed E-state index contributed by atoms with van der Waals surface area (Å²) in [4.78, 5) is 0. The van der Waals surface area contributed by atoms with E-state index in [1.807, 2.05) is 0 Å². The summed E-state index contributed by atoms with van der Waals surface area (Å²) in [5.41, 5.74) is -0.366. The Bertz CT molecular complexity index is 612.